The van der Waals surface area contributed by atoms with E-state index in [1.807, 2.05) is 0 Å². The van der Waals surface area contributed by atoms with E-state index >= 15 is 0 Å². The molecule has 21 heavy (non-hydrogen) atoms. The third-order valence-corrected chi connectivity index (χ3v) is 3.68. The van der Waals surface area contributed by atoms with E-state index in [1.165, 1.54) is 16.8 Å². The van der Waals surface area contributed by atoms with E-state index in [1.54, 1.807) is 0 Å². The monoisotopic (exact) mass is 317 g/mol. The van der Waals surface area contributed by atoms with Crippen molar-refractivity contribution in [1.82, 2.24) is 9.78 Å². The minimum absolute atomic E-state index is 0.271. The maximum Gasteiger partial charge on any atom is 0.417 e. The molecule has 0 spiro atoms. The van der Waals surface area contributed by atoms with Gasteiger partial charge in [0, 0.05) is 12.0 Å². The van der Waals surface area contributed by atoms with Gasteiger partial charge in [0.15, 0.2) is 5.82 Å². The Morgan fingerprint density at radius 2 is 2.10 bits per heavy atom. The smallest absolute Gasteiger partial charge is 0.382 e. The van der Waals surface area contributed by atoms with Crippen LogP contribution in [0.5, 0.6) is 0 Å². The molecule has 1 aromatic heterocycles. The zero-order valence-corrected chi connectivity index (χ0v) is 11.5. The number of halogens is 4. The molecule has 0 unspecified atom stereocenters. The maximum absolute atomic E-state index is 12.9. The maximum atomic E-state index is 12.9. The zero-order chi connectivity index (χ0) is 15.2. The summed E-state index contributed by atoms with van der Waals surface area (Å²) in [6.45, 7) is 0.804. The minimum Gasteiger partial charge on any atom is -0.382 e. The van der Waals surface area contributed by atoms with Gasteiger partial charge in [0.25, 0.3) is 0 Å². The Kier molecular flexibility index (Phi) is 3.33. The summed E-state index contributed by atoms with van der Waals surface area (Å²) in [5.74, 6) is 0.271. The molecular weight excluding hydrogens is 307 g/mol. The first-order valence-electron chi connectivity index (χ1n) is 6.19. The van der Waals surface area contributed by atoms with Crippen LogP contribution in [-0.4, -0.2) is 16.4 Å². The molecule has 8 heteroatoms. The Balaban J connectivity index is 2.14. The highest BCUT2D eigenvalue weighted by Gasteiger charge is 2.34. The number of nitrogen functional groups attached to an aromatic ring is 1. The topological polar surface area (TPSA) is 53.1 Å². The molecule has 0 saturated heterocycles. The lowest BCUT2D eigenvalue weighted by atomic mass is 10.1. The number of nitrogens with zero attached hydrogens (tertiary/aromatic N) is 2. The second-order valence-electron chi connectivity index (χ2n) is 4.69. The summed E-state index contributed by atoms with van der Waals surface area (Å²) in [6, 6.07) is 3.67. The summed E-state index contributed by atoms with van der Waals surface area (Å²) in [6.07, 6.45) is -3.97. The predicted octanol–water partition coefficient (Wildman–Crippen LogP) is 3.20. The summed E-state index contributed by atoms with van der Waals surface area (Å²) in [5.41, 5.74) is 6.68. The number of ether oxygens (including phenoxy) is 1. The van der Waals surface area contributed by atoms with Crippen LogP contribution < -0.4 is 5.73 Å². The number of hydrogen-bond acceptors (Lipinski definition) is 3. The van der Waals surface area contributed by atoms with E-state index in [-0.39, 0.29) is 16.5 Å². The normalized spacial score (nSPS) is 15.0. The van der Waals surface area contributed by atoms with Crippen molar-refractivity contribution in [2.45, 2.75) is 19.2 Å². The zero-order valence-electron chi connectivity index (χ0n) is 10.7. The van der Waals surface area contributed by atoms with Gasteiger partial charge in [-0.3, -0.25) is 0 Å². The van der Waals surface area contributed by atoms with E-state index in [2.05, 4.69) is 5.10 Å². The third-order valence-electron chi connectivity index (χ3n) is 3.35. The molecule has 2 aromatic rings. The van der Waals surface area contributed by atoms with Gasteiger partial charge in [0.2, 0.25) is 0 Å². The Labute approximate surface area is 123 Å². The molecule has 1 aliphatic rings. The average molecular weight is 318 g/mol. The molecule has 4 nitrogen and oxygen atoms in total. The van der Waals surface area contributed by atoms with E-state index < -0.39 is 11.7 Å². The molecule has 1 aromatic carbocycles. The van der Waals surface area contributed by atoms with Gasteiger partial charge in [-0.05, 0) is 18.2 Å². The summed E-state index contributed by atoms with van der Waals surface area (Å²) in [4.78, 5) is 0. The van der Waals surface area contributed by atoms with Crippen LogP contribution >= 0.6 is 11.6 Å². The Bertz CT molecular complexity index is 697. The van der Waals surface area contributed by atoms with E-state index in [0.717, 1.165) is 17.3 Å². The Morgan fingerprint density at radius 3 is 2.81 bits per heavy atom. The highest BCUT2D eigenvalue weighted by Crippen LogP contribution is 2.36. The predicted molar refractivity (Wildman–Crippen MR) is 71.3 cm³/mol. The van der Waals surface area contributed by atoms with Gasteiger partial charge in [-0.15, -0.1) is 0 Å². The molecule has 3 rings (SSSR count). The fraction of sp³-hybridized carbons (Fsp3) is 0.308. The van der Waals surface area contributed by atoms with Crippen LogP contribution in [0, 0.1) is 0 Å². The number of fused-ring (bicyclic) bond motifs is 1. The highest BCUT2D eigenvalue weighted by atomic mass is 35.5. The molecule has 0 bridgehead atoms. The summed E-state index contributed by atoms with van der Waals surface area (Å²) in [7, 11) is 0. The van der Waals surface area contributed by atoms with Crippen molar-refractivity contribution in [1.29, 1.82) is 0 Å². The third kappa shape index (κ3) is 2.47. The van der Waals surface area contributed by atoms with Gasteiger partial charge in [-0.2, -0.15) is 18.3 Å². The first-order chi connectivity index (χ1) is 9.88. The van der Waals surface area contributed by atoms with Crippen molar-refractivity contribution in [2.75, 3.05) is 12.3 Å². The van der Waals surface area contributed by atoms with Gasteiger partial charge >= 0.3 is 6.18 Å². The van der Waals surface area contributed by atoms with Crippen LogP contribution in [-0.2, 0) is 23.9 Å². The molecule has 0 amide bonds. The molecule has 0 aliphatic carbocycles. The second kappa shape index (κ2) is 4.92. The van der Waals surface area contributed by atoms with Crippen molar-refractivity contribution in [3.05, 3.63) is 40.0 Å². The Hall–Kier alpha value is -1.73. The molecule has 0 fully saturated rings. The van der Waals surface area contributed by atoms with Gasteiger partial charge in [0.05, 0.1) is 35.2 Å². The van der Waals surface area contributed by atoms with Gasteiger partial charge in [-0.1, -0.05) is 11.6 Å². The number of hydrogen-bond donors (Lipinski definition) is 1. The fourth-order valence-electron chi connectivity index (χ4n) is 2.34. The van der Waals surface area contributed by atoms with E-state index in [0.29, 0.717) is 19.6 Å². The summed E-state index contributed by atoms with van der Waals surface area (Å²) < 4.78 is 45.5. The van der Waals surface area contributed by atoms with Crippen molar-refractivity contribution >= 4 is 17.4 Å². The lowest BCUT2D eigenvalue weighted by Crippen LogP contribution is -2.14. The van der Waals surface area contributed by atoms with Crippen LogP contribution in [0.2, 0.25) is 5.02 Å². The van der Waals surface area contributed by atoms with Gasteiger partial charge in [0.1, 0.15) is 0 Å². The van der Waals surface area contributed by atoms with Crippen LogP contribution in [0.4, 0.5) is 19.0 Å². The highest BCUT2D eigenvalue weighted by molar-refractivity contribution is 6.31. The lowest BCUT2D eigenvalue weighted by molar-refractivity contribution is -0.137. The van der Waals surface area contributed by atoms with E-state index in [4.69, 9.17) is 22.1 Å². The molecule has 0 atom stereocenters. The van der Waals surface area contributed by atoms with Crippen LogP contribution in [0.15, 0.2) is 18.2 Å². The van der Waals surface area contributed by atoms with E-state index in [9.17, 15) is 13.2 Å². The first-order valence-corrected chi connectivity index (χ1v) is 6.57. The fourth-order valence-corrected chi connectivity index (χ4v) is 2.56. The van der Waals surface area contributed by atoms with Crippen molar-refractivity contribution in [3.63, 3.8) is 0 Å². The number of rotatable bonds is 1. The number of aromatic nitrogens is 2. The summed E-state index contributed by atoms with van der Waals surface area (Å²) >= 11 is 5.62. The largest absolute Gasteiger partial charge is 0.417 e. The number of alkyl halides is 3. The van der Waals surface area contributed by atoms with Crippen LogP contribution in [0.25, 0.3) is 5.69 Å². The average Bonchev–Trinajstić information content (AvgIpc) is 2.76. The van der Waals surface area contributed by atoms with Gasteiger partial charge < -0.3 is 10.5 Å². The second-order valence-corrected chi connectivity index (χ2v) is 5.09. The van der Waals surface area contributed by atoms with Crippen molar-refractivity contribution in [3.8, 4) is 5.69 Å². The number of anilines is 1. The molecule has 2 heterocycles. The number of benzene rings is 1. The van der Waals surface area contributed by atoms with Gasteiger partial charge in [-0.25, -0.2) is 4.68 Å². The molecule has 0 radical (unpaired) electrons. The molecule has 0 saturated carbocycles. The SMILES string of the molecule is Nc1nn(-c2ccc(Cl)c(C(F)(F)F)c2)c2c1COCC2. The van der Waals surface area contributed by atoms with Crippen LogP contribution in [0.1, 0.15) is 16.8 Å². The molecular formula is C13H11ClF3N3O. The molecule has 1 aliphatic heterocycles. The number of nitrogens with two attached hydrogens (primary N) is 1. The van der Waals surface area contributed by atoms with Crippen molar-refractivity contribution in [2.24, 2.45) is 0 Å². The molecule has 112 valence electrons. The molecule has 2 N–H and O–H groups in total. The lowest BCUT2D eigenvalue weighted by Gasteiger charge is -2.16. The first kappa shape index (κ1) is 14.2. The quantitative estimate of drug-likeness (QED) is 0.878. The minimum atomic E-state index is -4.52. The van der Waals surface area contributed by atoms with Crippen LogP contribution in [0.3, 0.4) is 0 Å². The Morgan fingerprint density at radius 1 is 1.33 bits per heavy atom. The summed E-state index contributed by atoms with van der Waals surface area (Å²) in [5, 5.41) is 3.78. The standard InChI is InChI=1S/C13H11ClF3N3O/c14-10-2-1-7(5-9(10)13(15,16)17)20-11-3-4-21-6-8(11)12(18)19-20/h1-2,5H,3-4,6H2,(H2,18,19). The van der Waals surface area contributed by atoms with Crippen molar-refractivity contribution < 1.29 is 17.9 Å².